The zero-order valence-electron chi connectivity index (χ0n) is 7.63. The van der Waals surface area contributed by atoms with Crippen molar-refractivity contribution in [1.29, 1.82) is 0 Å². The first kappa shape index (κ1) is 8.72. The maximum Gasteiger partial charge on any atom is 0.148 e. The quantitative estimate of drug-likeness (QED) is 0.599. The van der Waals surface area contributed by atoms with Crippen LogP contribution in [0.4, 0.5) is 0 Å². The molecule has 0 aromatic rings. The highest BCUT2D eigenvalue weighted by atomic mass is 16.1. The summed E-state index contributed by atoms with van der Waals surface area (Å²) < 4.78 is 0. The van der Waals surface area contributed by atoms with E-state index in [9.17, 15) is 4.79 Å². The Hall–Kier alpha value is -0.370. The van der Waals surface area contributed by atoms with Crippen molar-refractivity contribution in [3.05, 3.63) is 0 Å². The third kappa shape index (κ3) is 2.29. The van der Waals surface area contributed by atoms with E-state index in [-0.39, 0.29) is 0 Å². The van der Waals surface area contributed by atoms with Crippen molar-refractivity contribution in [1.82, 2.24) is 4.90 Å². The smallest absolute Gasteiger partial charge is 0.148 e. The summed E-state index contributed by atoms with van der Waals surface area (Å²) in [5.74, 6) is 1.07. The van der Waals surface area contributed by atoms with E-state index in [1.165, 1.54) is 0 Å². The number of carbonyl (C=O) groups excluding carboxylic acids is 1. The van der Waals surface area contributed by atoms with Crippen LogP contribution in [0.3, 0.4) is 0 Å². The predicted octanol–water partition coefficient (Wildman–Crippen LogP) is 1.31. The molecule has 11 heavy (non-hydrogen) atoms. The lowest BCUT2D eigenvalue weighted by Crippen LogP contribution is -2.30. The molecule has 1 heterocycles. The summed E-state index contributed by atoms with van der Waals surface area (Å²) in [5.41, 5.74) is 0. The van der Waals surface area contributed by atoms with Gasteiger partial charge in [-0.3, -0.25) is 9.69 Å². The Balaban J connectivity index is 2.40. The van der Waals surface area contributed by atoms with Gasteiger partial charge < -0.3 is 0 Å². The first-order valence-corrected chi connectivity index (χ1v) is 4.35. The molecule has 1 atom stereocenters. The number of nitrogens with zero attached hydrogens (tertiary/aromatic N) is 1. The highest BCUT2D eigenvalue weighted by Crippen LogP contribution is 2.14. The maximum atomic E-state index is 11.0. The average Bonchev–Trinajstić information content (AvgIpc) is 2.09. The fourth-order valence-corrected chi connectivity index (χ4v) is 1.62. The number of rotatable bonds is 2. The molecule has 2 heteroatoms. The van der Waals surface area contributed by atoms with Crippen molar-refractivity contribution < 1.29 is 4.79 Å². The van der Waals surface area contributed by atoms with E-state index < -0.39 is 0 Å². The molecule has 1 aliphatic rings. The summed E-state index contributed by atoms with van der Waals surface area (Å²) in [4.78, 5) is 13.3. The second-order valence-electron chi connectivity index (χ2n) is 3.92. The van der Waals surface area contributed by atoms with Crippen molar-refractivity contribution in [2.75, 3.05) is 13.1 Å². The van der Waals surface area contributed by atoms with Crippen molar-refractivity contribution in [2.45, 2.75) is 33.2 Å². The maximum absolute atomic E-state index is 11.0. The van der Waals surface area contributed by atoms with Gasteiger partial charge in [0, 0.05) is 19.0 Å². The lowest BCUT2D eigenvalue weighted by atomic mass is 10.2. The Bertz CT molecular complexity index is 154. The number of likely N-dealkylation sites (tertiary alicyclic amines) is 1. The van der Waals surface area contributed by atoms with Crippen LogP contribution in [0.1, 0.15) is 27.2 Å². The highest BCUT2D eigenvalue weighted by Gasteiger charge is 2.26. The number of carbonyl (C=O) groups is 1. The van der Waals surface area contributed by atoms with Crippen LogP contribution in [0.15, 0.2) is 0 Å². The molecule has 0 saturated carbocycles. The van der Waals surface area contributed by atoms with Crippen LogP contribution in [0.25, 0.3) is 0 Å². The normalized spacial score (nSPS) is 26.9. The summed E-state index contributed by atoms with van der Waals surface area (Å²) in [6.07, 6.45) is 0.757. The lowest BCUT2D eigenvalue weighted by Gasteiger charge is -2.21. The molecule has 0 amide bonds. The zero-order chi connectivity index (χ0) is 8.43. The summed E-state index contributed by atoms with van der Waals surface area (Å²) >= 11 is 0. The number of ketones is 1. The van der Waals surface area contributed by atoms with E-state index in [1.807, 2.05) is 0 Å². The fraction of sp³-hybridized carbons (Fsp3) is 0.889. The molecule has 0 N–H and O–H groups in total. The molecule has 0 bridgehead atoms. The molecule has 0 aromatic carbocycles. The molecule has 1 aliphatic heterocycles. The van der Waals surface area contributed by atoms with E-state index >= 15 is 0 Å². The molecule has 0 aliphatic carbocycles. The van der Waals surface area contributed by atoms with Gasteiger partial charge in [-0.1, -0.05) is 13.8 Å². The first-order chi connectivity index (χ1) is 5.09. The van der Waals surface area contributed by atoms with Gasteiger partial charge in [-0.2, -0.15) is 0 Å². The van der Waals surface area contributed by atoms with Crippen molar-refractivity contribution in [3.8, 4) is 0 Å². The van der Waals surface area contributed by atoms with Gasteiger partial charge in [-0.05, 0) is 12.8 Å². The van der Waals surface area contributed by atoms with Gasteiger partial charge in [-0.25, -0.2) is 0 Å². The Morgan fingerprint density at radius 3 is 2.64 bits per heavy atom. The number of Topliss-reactive ketones (excluding diaryl/α,β-unsaturated/α-hetero) is 1. The minimum atomic E-state index is 0.401. The largest absolute Gasteiger partial charge is 0.298 e. The molecule has 1 fully saturated rings. The lowest BCUT2D eigenvalue weighted by molar-refractivity contribution is -0.116. The van der Waals surface area contributed by atoms with Gasteiger partial charge >= 0.3 is 0 Å². The standard InChI is InChI=1S/C9H17NO/c1-7(2)5-10-6-9(11)4-8(10)3/h7-8H,4-6H2,1-3H3. The summed E-state index contributed by atoms with van der Waals surface area (Å²) in [5, 5.41) is 0. The van der Waals surface area contributed by atoms with E-state index in [2.05, 4.69) is 25.7 Å². The minimum absolute atomic E-state index is 0.401. The average molecular weight is 155 g/mol. The molecule has 64 valence electrons. The summed E-state index contributed by atoms with van der Waals surface area (Å²) in [7, 11) is 0. The summed E-state index contributed by atoms with van der Waals surface area (Å²) in [6.45, 7) is 8.25. The topological polar surface area (TPSA) is 20.3 Å². The minimum Gasteiger partial charge on any atom is -0.298 e. The fourth-order valence-electron chi connectivity index (χ4n) is 1.62. The molecule has 0 aromatic heterocycles. The SMILES string of the molecule is CC(C)CN1CC(=O)CC1C. The molecule has 2 nitrogen and oxygen atoms in total. The Kier molecular flexibility index (Phi) is 2.66. The molecule has 1 rings (SSSR count). The van der Waals surface area contributed by atoms with E-state index in [1.54, 1.807) is 0 Å². The molecular weight excluding hydrogens is 138 g/mol. The van der Waals surface area contributed by atoms with Crippen LogP contribution in [0.5, 0.6) is 0 Å². The van der Waals surface area contributed by atoms with Crippen molar-refractivity contribution >= 4 is 5.78 Å². The molecule has 0 radical (unpaired) electrons. The summed E-state index contributed by atoms with van der Waals surface area (Å²) in [6, 6.07) is 0.477. The Labute approximate surface area is 68.6 Å². The Morgan fingerprint density at radius 1 is 1.64 bits per heavy atom. The number of hydrogen-bond acceptors (Lipinski definition) is 2. The zero-order valence-corrected chi connectivity index (χ0v) is 7.63. The van der Waals surface area contributed by atoms with Gasteiger partial charge in [0.25, 0.3) is 0 Å². The van der Waals surface area contributed by atoms with Gasteiger partial charge in [0.15, 0.2) is 0 Å². The van der Waals surface area contributed by atoms with Crippen molar-refractivity contribution in [2.24, 2.45) is 5.92 Å². The van der Waals surface area contributed by atoms with Gasteiger partial charge in [0.1, 0.15) is 5.78 Å². The molecular formula is C9H17NO. The van der Waals surface area contributed by atoms with Gasteiger partial charge in [0.05, 0.1) is 6.54 Å². The van der Waals surface area contributed by atoms with E-state index in [0.29, 0.717) is 24.3 Å². The molecule has 0 spiro atoms. The predicted molar refractivity (Wildman–Crippen MR) is 45.5 cm³/mol. The second kappa shape index (κ2) is 3.35. The monoisotopic (exact) mass is 155 g/mol. The first-order valence-electron chi connectivity index (χ1n) is 4.35. The van der Waals surface area contributed by atoms with Crippen LogP contribution in [-0.4, -0.2) is 29.8 Å². The molecule has 1 saturated heterocycles. The van der Waals surface area contributed by atoms with Gasteiger partial charge in [-0.15, -0.1) is 0 Å². The third-order valence-corrected chi connectivity index (χ3v) is 2.13. The van der Waals surface area contributed by atoms with Crippen LogP contribution in [0, 0.1) is 5.92 Å². The van der Waals surface area contributed by atoms with E-state index in [0.717, 1.165) is 13.0 Å². The van der Waals surface area contributed by atoms with Crippen LogP contribution in [0.2, 0.25) is 0 Å². The van der Waals surface area contributed by atoms with Crippen LogP contribution < -0.4 is 0 Å². The second-order valence-corrected chi connectivity index (χ2v) is 3.92. The van der Waals surface area contributed by atoms with E-state index in [4.69, 9.17) is 0 Å². The van der Waals surface area contributed by atoms with Gasteiger partial charge in [0.2, 0.25) is 0 Å². The Morgan fingerprint density at radius 2 is 2.27 bits per heavy atom. The number of hydrogen-bond donors (Lipinski definition) is 0. The van der Waals surface area contributed by atoms with Crippen LogP contribution >= 0.6 is 0 Å². The van der Waals surface area contributed by atoms with Crippen molar-refractivity contribution in [3.63, 3.8) is 0 Å². The third-order valence-electron chi connectivity index (χ3n) is 2.13. The highest BCUT2D eigenvalue weighted by molar-refractivity contribution is 5.83. The van der Waals surface area contributed by atoms with Crippen LogP contribution in [-0.2, 0) is 4.79 Å². The molecule has 1 unspecified atom stereocenters.